The molecule has 2 aliphatic heterocycles. The third-order valence-corrected chi connectivity index (χ3v) is 10.9. The fourth-order valence-electron chi connectivity index (χ4n) is 7.50. The first-order valence-electron chi connectivity index (χ1n) is 20.1. The standard InChI is InChI=1S/C24H28N4O.C22H23ClN4O.CH2O/c1-4-20-7-5-6-8-22(20)26-13-15-27(16-14-26)24(29)23-17-19(3)25-28(23)21-11-9-18(2)10-12-21;1-16-6-8-19(9-7-16)27-21(14-17(2)24-27)22(28)26-12-10-25(11-13-26)20-5-3-4-18(23)15-20;1-2/h5-12,17H,4,13-16H2,1-3H3;3-9,14-15H,10-13H2,1-2H3;1H2. The van der Waals surface area contributed by atoms with E-state index < -0.39 is 0 Å². The van der Waals surface area contributed by atoms with Crippen molar-refractivity contribution >= 4 is 41.6 Å². The predicted octanol–water partition coefficient (Wildman–Crippen LogP) is 7.93. The van der Waals surface area contributed by atoms with Crippen LogP contribution in [0.4, 0.5) is 11.4 Å². The maximum atomic E-state index is 13.3. The monoisotopic (exact) mass is 812 g/mol. The van der Waals surface area contributed by atoms with Gasteiger partial charge in [-0.15, -0.1) is 0 Å². The molecule has 0 radical (unpaired) electrons. The van der Waals surface area contributed by atoms with E-state index >= 15 is 0 Å². The smallest absolute Gasteiger partial charge is 0.272 e. The minimum atomic E-state index is 0.0203. The van der Waals surface area contributed by atoms with Crippen LogP contribution in [0.25, 0.3) is 11.4 Å². The Kier molecular flexibility index (Phi) is 14.0. The van der Waals surface area contributed by atoms with Crippen molar-refractivity contribution in [3.8, 4) is 11.4 Å². The molecule has 306 valence electrons. The lowest BCUT2D eigenvalue weighted by Crippen LogP contribution is -2.49. The quantitative estimate of drug-likeness (QED) is 0.162. The molecule has 2 aromatic heterocycles. The number of anilines is 2. The molecule has 2 amide bonds. The van der Waals surface area contributed by atoms with Crippen LogP contribution >= 0.6 is 11.6 Å². The molecule has 59 heavy (non-hydrogen) atoms. The van der Waals surface area contributed by atoms with Crippen LogP contribution in [0.1, 0.15) is 56.0 Å². The topological polar surface area (TPSA) is 99.8 Å². The number of amides is 2. The average molecular weight is 813 g/mol. The molecule has 2 saturated heterocycles. The van der Waals surface area contributed by atoms with Crippen molar-refractivity contribution in [3.63, 3.8) is 0 Å². The SMILES string of the molecule is C=O.CCc1ccccc1N1CCN(C(=O)c2cc(C)nn2-c2ccc(C)cc2)CC1.Cc1ccc(-n2nc(C)cc2C(=O)N2CCN(c3cccc(Cl)c3)CC2)cc1. The molecule has 0 atom stereocenters. The van der Waals surface area contributed by atoms with Crippen molar-refractivity contribution in [1.82, 2.24) is 29.4 Å². The second-order valence-corrected chi connectivity index (χ2v) is 15.3. The molecular formula is C47H53ClN8O3. The number of aromatic nitrogens is 4. The largest absolute Gasteiger partial charge is 0.368 e. The van der Waals surface area contributed by atoms with E-state index in [1.807, 2.05) is 116 Å². The van der Waals surface area contributed by atoms with Crippen LogP contribution in [-0.2, 0) is 11.2 Å². The number of carbonyl (C=O) groups is 3. The van der Waals surface area contributed by atoms with Gasteiger partial charge in [0.05, 0.1) is 22.8 Å². The van der Waals surface area contributed by atoms with E-state index in [0.29, 0.717) is 24.5 Å². The first kappa shape index (κ1) is 42.4. The van der Waals surface area contributed by atoms with Crippen molar-refractivity contribution in [2.45, 2.75) is 41.0 Å². The fourth-order valence-corrected chi connectivity index (χ4v) is 7.69. The highest BCUT2D eigenvalue weighted by atomic mass is 35.5. The van der Waals surface area contributed by atoms with Crippen molar-refractivity contribution in [3.05, 3.63) is 154 Å². The van der Waals surface area contributed by atoms with Crippen molar-refractivity contribution in [2.75, 3.05) is 62.2 Å². The molecule has 6 aromatic rings. The number of para-hydroxylation sites is 1. The maximum Gasteiger partial charge on any atom is 0.272 e. The summed E-state index contributed by atoms with van der Waals surface area (Å²) in [5, 5.41) is 9.84. The minimum absolute atomic E-state index is 0.0203. The van der Waals surface area contributed by atoms with E-state index in [4.69, 9.17) is 16.4 Å². The highest BCUT2D eigenvalue weighted by molar-refractivity contribution is 6.30. The van der Waals surface area contributed by atoms with Crippen molar-refractivity contribution in [1.29, 1.82) is 0 Å². The van der Waals surface area contributed by atoms with Crippen LogP contribution in [0.15, 0.2) is 109 Å². The first-order chi connectivity index (χ1) is 28.6. The van der Waals surface area contributed by atoms with Gasteiger partial charge in [0.25, 0.3) is 11.8 Å². The number of nitrogens with zero attached hydrogens (tertiary/aromatic N) is 8. The summed E-state index contributed by atoms with van der Waals surface area (Å²) in [6.45, 7) is 18.2. The van der Waals surface area contributed by atoms with E-state index in [1.54, 1.807) is 9.36 Å². The zero-order valence-electron chi connectivity index (χ0n) is 34.6. The first-order valence-corrected chi connectivity index (χ1v) is 20.4. The zero-order chi connectivity index (χ0) is 42.1. The second-order valence-electron chi connectivity index (χ2n) is 14.9. The van der Waals surface area contributed by atoms with Gasteiger partial charge in [0, 0.05) is 68.8 Å². The molecule has 4 aromatic carbocycles. The Bertz CT molecular complexity index is 2340. The number of piperazine rings is 2. The Morgan fingerprint density at radius 3 is 1.47 bits per heavy atom. The molecule has 12 heteroatoms. The van der Waals surface area contributed by atoms with Gasteiger partial charge in [0.2, 0.25) is 0 Å². The van der Waals surface area contributed by atoms with E-state index in [2.05, 4.69) is 64.2 Å². The zero-order valence-corrected chi connectivity index (χ0v) is 35.4. The molecule has 0 N–H and O–H groups in total. The minimum Gasteiger partial charge on any atom is -0.368 e. The number of aryl methyl sites for hydroxylation is 5. The van der Waals surface area contributed by atoms with E-state index in [9.17, 15) is 9.59 Å². The second kappa shape index (κ2) is 19.5. The highest BCUT2D eigenvalue weighted by Crippen LogP contribution is 2.25. The van der Waals surface area contributed by atoms with Crippen molar-refractivity contribution < 1.29 is 14.4 Å². The molecule has 0 aliphatic carbocycles. The molecule has 2 aliphatic rings. The van der Waals surface area contributed by atoms with Crippen LogP contribution in [0.3, 0.4) is 0 Å². The van der Waals surface area contributed by atoms with Crippen LogP contribution in [0.2, 0.25) is 5.02 Å². The molecule has 4 heterocycles. The fraction of sp³-hybridized carbons (Fsp3) is 0.298. The van der Waals surface area contributed by atoms with Gasteiger partial charge in [0.15, 0.2) is 0 Å². The molecular weight excluding hydrogens is 760 g/mol. The summed E-state index contributed by atoms with van der Waals surface area (Å²) in [6.07, 6.45) is 1.02. The Labute approximate surface area is 352 Å². The highest BCUT2D eigenvalue weighted by Gasteiger charge is 2.27. The normalized spacial score (nSPS) is 13.9. The summed E-state index contributed by atoms with van der Waals surface area (Å²) in [7, 11) is 0. The van der Waals surface area contributed by atoms with Gasteiger partial charge in [-0.25, -0.2) is 9.36 Å². The summed E-state index contributed by atoms with van der Waals surface area (Å²) in [6, 6.07) is 36.3. The summed E-state index contributed by atoms with van der Waals surface area (Å²) < 4.78 is 3.52. The lowest BCUT2D eigenvalue weighted by Gasteiger charge is -2.37. The molecule has 11 nitrogen and oxygen atoms in total. The third-order valence-electron chi connectivity index (χ3n) is 10.7. The Morgan fingerprint density at radius 2 is 1.02 bits per heavy atom. The molecule has 0 spiro atoms. The lowest BCUT2D eigenvalue weighted by atomic mass is 10.1. The van der Waals surface area contributed by atoms with Crippen LogP contribution in [0, 0.1) is 27.7 Å². The molecule has 8 rings (SSSR count). The number of carbonyl (C=O) groups excluding carboxylic acids is 3. The number of hydrogen-bond acceptors (Lipinski definition) is 7. The molecule has 2 fully saturated rings. The lowest BCUT2D eigenvalue weighted by molar-refractivity contribution is -0.0980. The summed E-state index contributed by atoms with van der Waals surface area (Å²) in [4.78, 5) is 43.0. The van der Waals surface area contributed by atoms with Crippen LogP contribution in [0.5, 0.6) is 0 Å². The van der Waals surface area contributed by atoms with E-state index in [0.717, 1.165) is 79.2 Å². The van der Waals surface area contributed by atoms with Gasteiger partial charge in [0.1, 0.15) is 18.2 Å². The summed E-state index contributed by atoms with van der Waals surface area (Å²) >= 11 is 6.11. The Morgan fingerprint density at radius 1 is 0.559 bits per heavy atom. The Balaban J connectivity index is 0.000000191. The van der Waals surface area contributed by atoms with E-state index in [-0.39, 0.29) is 11.8 Å². The number of hydrogen-bond donors (Lipinski definition) is 0. The van der Waals surface area contributed by atoms with Gasteiger partial charge in [-0.2, -0.15) is 10.2 Å². The van der Waals surface area contributed by atoms with Gasteiger partial charge in [-0.1, -0.05) is 78.2 Å². The summed E-state index contributed by atoms with van der Waals surface area (Å²) in [5.41, 5.74) is 10.9. The number of halogens is 1. The van der Waals surface area contributed by atoms with Gasteiger partial charge >= 0.3 is 0 Å². The maximum absolute atomic E-state index is 13.3. The molecule has 0 unspecified atom stereocenters. The number of benzene rings is 4. The third kappa shape index (κ3) is 10.1. The van der Waals surface area contributed by atoms with Crippen molar-refractivity contribution in [2.24, 2.45) is 0 Å². The van der Waals surface area contributed by atoms with Gasteiger partial charge < -0.3 is 24.4 Å². The van der Waals surface area contributed by atoms with Gasteiger partial charge in [-0.3, -0.25) is 9.59 Å². The van der Waals surface area contributed by atoms with Crippen LogP contribution in [-0.4, -0.2) is 100 Å². The van der Waals surface area contributed by atoms with E-state index in [1.165, 1.54) is 22.4 Å². The predicted molar refractivity (Wildman–Crippen MR) is 237 cm³/mol. The molecule has 0 saturated carbocycles. The summed E-state index contributed by atoms with van der Waals surface area (Å²) in [5.74, 6) is 0.0709. The number of rotatable bonds is 7. The van der Waals surface area contributed by atoms with Crippen LogP contribution < -0.4 is 9.80 Å². The van der Waals surface area contributed by atoms with Gasteiger partial charge in [-0.05, 0) is 100 Å². The molecule has 0 bridgehead atoms. The average Bonchev–Trinajstić information content (AvgIpc) is 3.87. The Hall–Kier alpha value is -6.20.